The number of rotatable bonds is 4. The Bertz CT molecular complexity index is 684. The fourth-order valence-electron chi connectivity index (χ4n) is 2.17. The molecule has 0 aliphatic rings. The van der Waals surface area contributed by atoms with Crippen LogP contribution in [-0.2, 0) is 0 Å². The maximum atomic E-state index is 10.3. The van der Waals surface area contributed by atoms with Gasteiger partial charge in [-0.05, 0) is 29.1 Å². The van der Waals surface area contributed by atoms with E-state index in [0.717, 1.165) is 10.9 Å². The molecule has 112 valence electrons. The number of methoxy groups -OCH3 is 2. The molecule has 1 N–H and O–H groups in total. The lowest BCUT2D eigenvalue weighted by Crippen LogP contribution is -2.15. The lowest BCUT2D eigenvalue weighted by Gasteiger charge is -2.12. The zero-order chi connectivity index (χ0) is 15.6. The largest absolute Gasteiger partial charge is 0.507 e. The Morgan fingerprint density at radius 1 is 1.00 bits per heavy atom. The van der Waals surface area contributed by atoms with E-state index in [0.29, 0.717) is 16.9 Å². The van der Waals surface area contributed by atoms with Crippen LogP contribution < -0.4 is 9.47 Å². The summed E-state index contributed by atoms with van der Waals surface area (Å²) in [5.41, 5.74) is 3.24. The second kappa shape index (κ2) is 5.82. The lowest BCUT2D eigenvalue weighted by molar-refractivity contribution is 0.396. The van der Waals surface area contributed by atoms with E-state index in [1.54, 1.807) is 26.4 Å². The third-order valence-electron chi connectivity index (χ3n) is 3.22. The summed E-state index contributed by atoms with van der Waals surface area (Å²) in [5, 5.41) is 11.9. The second-order valence-corrected chi connectivity index (χ2v) is 11.2. The lowest BCUT2D eigenvalue weighted by atomic mass is 10.0. The molecule has 0 fully saturated rings. The minimum Gasteiger partial charge on any atom is -0.507 e. The fourth-order valence-corrected chi connectivity index (χ4v) is 2.86. The van der Waals surface area contributed by atoms with E-state index >= 15 is 0 Å². The average Bonchev–Trinajstić information content (AvgIpc) is 2.42. The monoisotopic (exact) mass is 302 g/mol. The first kappa shape index (κ1) is 15.4. The van der Waals surface area contributed by atoms with Crippen LogP contribution in [0.5, 0.6) is 17.2 Å². The average molecular weight is 302 g/mol. The maximum absolute atomic E-state index is 10.3. The molecule has 0 saturated heterocycles. The van der Waals surface area contributed by atoms with Crippen LogP contribution in [0.1, 0.15) is 5.56 Å². The Labute approximate surface area is 126 Å². The van der Waals surface area contributed by atoms with E-state index in [1.807, 2.05) is 12.1 Å². The summed E-state index contributed by atoms with van der Waals surface area (Å²) in [6, 6.07) is 7.49. The van der Waals surface area contributed by atoms with Crippen LogP contribution in [0.15, 0.2) is 30.0 Å². The summed E-state index contributed by atoms with van der Waals surface area (Å²) in [5.74, 6) is 1.55. The standard InChI is InChI=1S/C17H22O3Si/c1-19-14-10-13-8-12(6-7-21(3,4)5)9-15(18)17(13)16(11-14)20-2/h6-11,18H,1-5H3/b7-6+. The Kier molecular flexibility index (Phi) is 4.28. The van der Waals surface area contributed by atoms with Crippen LogP contribution in [0.3, 0.4) is 0 Å². The van der Waals surface area contributed by atoms with Crippen LogP contribution in [-0.4, -0.2) is 27.4 Å². The molecule has 0 aliphatic heterocycles. The van der Waals surface area contributed by atoms with Crippen molar-refractivity contribution in [3.63, 3.8) is 0 Å². The van der Waals surface area contributed by atoms with Crippen molar-refractivity contribution in [1.29, 1.82) is 0 Å². The van der Waals surface area contributed by atoms with Gasteiger partial charge in [-0.3, -0.25) is 0 Å². The SMILES string of the molecule is COc1cc(OC)c2c(O)cc(/C=C/[Si](C)(C)C)cc2c1. The molecule has 0 heterocycles. The Balaban J connectivity index is 2.61. The van der Waals surface area contributed by atoms with Crippen LogP contribution in [0, 0.1) is 0 Å². The quantitative estimate of drug-likeness (QED) is 0.848. The van der Waals surface area contributed by atoms with Crippen molar-refractivity contribution in [2.24, 2.45) is 0 Å². The van der Waals surface area contributed by atoms with E-state index < -0.39 is 8.07 Å². The van der Waals surface area contributed by atoms with E-state index in [2.05, 4.69) is 31.4 Å². The number of fused-ring (bicyclic) bond motifs is 1. The molecule has 2 aromatic carbocycles. The molecule has 21 heavy (non-hydrogen) atoms. The van der Waals surface area contributed by atoms with Crippen molar-refractivity contribution in [1.82, 2.24) is 0 Å². The Hall–Kier alpha value is -1.94. The van der Waals surface area contributed by atoms with Gasteiger partial charge in [0.2, 0.25) is 0 Å². The molecule has 0 aromatic heterocycles. The molecule has 2 aromatic rings. The third-order valence-corrected chi connectivity index (χ3v) is 4.39. The number of hydrogen-bond donors (Lipinski definition) is 1. The predicted molar refractivity (Wildman–Crippen MR) is 91.1 cm³/mol. The van der Waals surface area contributed by atoms with Gasteiger partial charge in [-0.25, -0.2) is 0 Å². The van der Waals surface area contributed by atoms with Gasteiger partial charge < -0.3 is 14.6 Å². The first-order valence-electron chi connectivity index (χ1n) is 6.92. The summed E-state index contributed by atoms with van der Waals surface area (Å²) in [6.07, 6.45) is 2.08. The smallest absolute Gasteiger partial charge is 0.134 e. The predicted octanol–water partition coefficient (Wildman–Crippen LogP) is 4.45. The van der Waals surface area contributed by atoms with Crippen LogP contribution in [0.4, 0.5) is 0 Å². The van der Waals surface area contributed by atoms with Gasteiger partial charge >= 0.3 is 0 Å². The molecule has 0 unspecified atom stereocenters. The zero-order valence-electron chi connectivity index (χ0n) is 13.2. The van der Waals surface area contributed by atoms with Crippen molar-refractivity contribution in [3.05, 3.63) is 35.5 Å². The van der Waals surface area contributed by atoms with Crippen molar-refractivity contribution < 1.29 is 14.6 Å². The van der Waals surface area contributed by atoms with E-state index in [9.17, 15) is 5.11 Å². The number of phenols is 1. The highest BCUT2D eigenvalue weighted by Crippen LogP contribution is 2.38. The molecule has 2 rings (SSSR count). The van der Waals surface area contributed by atoms with Gasteiger partial charge in [-0.2, -0.15) is 0 Å². The van der Waals surface area contributed by atoms with Gasteiger partial charge in [0.25, 0.3) is 0 Å². The van der Waals surface area contributed by atoms with Crippen LogP contribution >= 0.6 is 0 Å². The van der Waals surface area contributed by atoms with Gasteiger partial charge in [0.1, 0.15) is 17.2 Å². The van der Waals surface area contributed by atoms with Crippen molar-refractivity contribution >= 4 is 24.9 Å². The molecular formula is C17H22O3Si. The Morgan fingerprint density at radius 2 is 1.71 bits per heavy atom. The van der Waals surface area contributed by atoms with Gasteiger partial charge in [0.15, 0.2) is 0 Å². The first-order chi connectivity index (χ1) is 9.84. The van der Waals surface area contributed by atoms with Crippen molar-refractivity contribution in [3.8, 4) is 17.2 Å². The molecule has 0 radical (unpaired) electrons. The van der Waals surface area contributed by atoms with Crippen molar-refractivity contribution in [2.75, 3.05) is 14.2 Å². The normalized spacial score (nSPS) is 12.0. The molecule has 0 bridgehead atoms. The summed E-state index contributed by atoms with van der Waals surface area (Å²) in [6.45, 7) is 6.82. The number of hydrogen-bond acceptors (Lipinski definition) is 3. The maximum Gasteiger partial charge on any atom is 0.134 e. The Morgan fingerprint density at radius 3 is 2.29 bits per heavy atom. The van der Waals surface area contributed by atoms with E-state index in [4.69, 9.17) is 9.47 Å². The number of aromatic hydroxyl groups is 1. The first-order valence-corrected chi connectivity index (χ1v) is 10.5. The molecule has 0 spiro atoms. The van der Waals surface area contributed by atoms with Crippen LogP contribution in [0.2, 0.25) is 19.6 Å². The number of benzene rings is 2. The third kappa shape index (κ3) is 3.58. The van der Waals surface area contributed by atoms with Gasteiger partial charge in [0, 0.05) is 6.07 Å². The molecule has 0 saturated carbocycles. The highest BCUT2D eigenvalue weighted by molar-refractivity contribution is 6.81. The van der Waals surface area contributed by atoms with Gasteiger partial charge in [-0.1, -0.05) is 31.4 Å². The van der Waals surface area contributed by atoms with E-state index in [-0.39, 0.29) is 5.75 Å². The minimum atomic E-state index is -1.27. The van der Waals surface area contributed by atoms with Gasteiger partial charge in [0.05, 0.1) is 27.7 Å². The fraction of sp³-hybridized carbons (Fsp3) is 0.294. The number of phenolic OH excluding ortho intramolecular Hbond substituents is 1. The minimum absolute atomic E-state index is 0.224. The van der Waals surface area contributed by atoms with Crippen molar-refractivity contribution in [2.45, 2.75) is 19.6 Å². The molecule has 4 heteroatoms. The molecule has 0 atom stereocenters. The topological polar surface area (TPSA) is 38.7 Å². The van der Waals surface area contributed by atoms with Gasteiger partial charge in [-0.15, -0.1) is 0 Å². The molecule has 0 aliphatic carbocycles. The molecule has 3 nitrogen and oxygen atoms in total. The van der Waals surface area contributed by atoms with Crippen LogP contribution in [0.25, 0.3) is 16.8 Å². The number of ether oxygens (including phenoxy) is 2. The highest BCUT2D eigenvalue weighted by atomic mass is 28.3. The highest BCUT2D eigenvalue weighted by Gasteiger charge is 2.11. The second-order valence-electron chi connectivity index (χ2n) is 6.17. The zero-order valence-corrected chi connectivity index (χ0v) is 14.2. The molecule has 0 amide bonds. The van der Waals surface area contributed by atoms with E-state index in [1.165, 1.54) is 0 Å². The summed E-state index contributed by atoms with van der Waals surface area (Å²) < 4.78 is 10.6. The molecular weight excluding hydrogens is 280 g/mol. The summed E-state index contributed by atoms with van der Waals surface area (Å²) >= 11 is 0. The summed E-state index contributed by atoms with van der Waals surface area (Å²) in [4.78, 5) is 0. The summed E-state index contributed by atoms with van der Waals surface area (Å²) in [7, 11) is 1.94.